The highest BCUT2D eigenvalue weighted by Crippen LogP contribution is 2.30. The van der Waals surface area contributed by atoms with Crippen LogP contribution in [0.5, 0.6) is 5.75 Å². The first-order valence-corrected chi connectivity index (χ1v) is 6.19. The molecule has 0 amide bonds. The summed E-state index contributed by atoms with van der Waals surface area (Å²) in [6.07, 6.45) is 1.31. The summed E-state index contributed by atoms with van der Waals surface area (Å²) in [6, 6.07) is 10.3. The molecule has 0 bridgehead atoms. The van der Waals surface area contributed by atoms with Gasteiger partial charge in [-0.2, -0.15) is 0 Å². The SMILES string of the molecule is COc1ccc(-c2ccc3c(c2)CCC3=O)c(F)c1. The Kier molecular flexibility index (Phi) is 2.82. The molecule has 0 heterocycles. The van der Waals surface area contributed by atoms with E-state index in [1.807, 2.05) is 6.07 Å². The molecule has 96 valence electrons. The summed E-state index contributed by atoms with van der Waals surface area (Å²) in [7, 11) is 1.51. The van der Waals surface area contributed by atoms with E-state index in [4.69, 9.17) is 4.74 Å². The molecule has 0 atom stereocenters. The summed E-state index contributed by atoms with van der Waals surface area (Å²) in [6.45, 7) is 0. The highest BCUT2D eigenvalue weighted by molar-refractivity contribution is 6.00. The monoisotopic (exact) mass is 256 g/mol. The maximum Gasteiger partial charge on any atom is 0.163 e. The van der Waals surface area contributed by atoms with Crippen molar-refractivity contribution in [3.05, 3.63) is 53.3 Å². The van der Waals surface area contributed by atoms with Gasteiger partial charge in [-0.05, 0) is 29.7 Å². The molecule has 3 heteroatoms. The minimum atomic E-state index is -0.316. The Morgan fingerprint density at radius 3 is 2.58 bits per heavy atom. The lowest BCUT2D eigenvalue weighted by atomic mass is 10.00. The van der Waals surface area contributed by atoms with Gasteiger partial charge in [0.05, 0.1) is 7.11 Å². The van der Waals surface area contributed by atoms with E-state index in [0.29, 0.717) is 17.7 Å². The van der Waals surface area contributed by atoms with E-state index in [9.17, 15) is 9.18 Å². The van der Waals surface area contributed by atoms with Crippen molar-refractivity contribution >= 4 is 5.78 Å². The summed E-state index contributed by atoms with van der Waals surface area (Å²) < 4.78 is 19.0. The summed E-state index contributed by atoms with van der Waals surface area (Å²) in [4.78, 5) is 11.6. The van der Waals surface area contributed by atoms with E-state index in [2.05, 4.69) is 0 Å². The first kappa shape index (κ1) is 11.9. The van der Waals surface area contributed by atoms with Crippen LogP contribution in [0.1, 0.15) is 22.3 Å². The molecule has 1 aliphatic carbocycles. The number of ether oxygens (including phenoxy) is 1. The molecule has 1 aliphatic rings. The molecule has 19 heavy (non-hydrogen) atoms. The third-order valence-corrected chi connectivity index (χ3v) is 3.51. The van der Waals surface area contributed by atoms with E-state index in [0.717, 1.165) is 23.1 Å². The second-order valence-electron chi connectivity index (χ2n) is 4.64. The summed E-state index contributed by atoms with van der Waals surface area (Å²) in [5.41, 5.74) is 3.12. The number of aryl methyl sites for hydroxylation is 1. The molecule has 2 aromatic carbocycles. The van der Waals surface area contributed by atoms with Crippen LogP contribution in [0, 0.1) is 5.82 Å². The van der Waals surface area contributed by atoms with Crippen molar-refractivity contribution in [2.75, 3.05) is 7.11 Å². The van der Waals surface area contributed by atoms with Gasteiger partial charge >= 0.3 is 0 Å². The third-order valence-electron chi connectivity index (χ3n) is 3.51. The molecule has 2 aromatic rings. The van der Waals surface area contributed by atoms with Crippen LogP contribution in [0.2, 0.25) is 0 Å². The molecule has 0 saturated carbocycles. The van der Waals surface area contributed by atoms with E-state index < -0.39 is 0 Å². The van der Waals surface area contributed by atoms with Gasteiger partial charge in [-0.1, -0.05) is 18.2 Å². The first-order chi connectivity index (χ1) is 9.19. The highest BCUT2D eigenvalue weighted by atomic mass is 19.1. The van der Waals surface area contributed by atoms with Gasteiger partial charge in [0.2, 0.25) is 0 Å². The Balaban J connectivity index is 2.06. The normalized spacial score (nSPS) is 13.5. The van der Waals surface area contributed by atoms with Crippen molar-refractivity contribution in [1.82, 2.24) is 0 Å². The van der Waals surface area contributed by atoms with Crippen LogP contribution in [0.3, 0.4) is 0 Å². The fourth-order valence-electron chi connectivity index (χ4n) is 2.48. The number of methoxy groups -OCH3 is 1. The van der Waals surface area contributed by atoms with Crippen LogP contribution < -0.4 is 4.74 Å². The van der Waals surface area contributed by atoms with Crippen molar-refractivity contribution in [2.24, 2.45) is 0 Å². The Hall–Kier alpha value is -2.16. The van der Waals surface area contributed by atoms with Crippen molar-refractivity contribution in [3.63, 3.8) is 0 Å². The van der Waals surface area contributed by atoms with Crippen molar-refractivity contribution in [3.8, 4) is 16.9 Å². The molecule has 0 N–H and O–H groups in total. The molecule has 0 unspecified atom stereocenters. The third kappa shape index (κ3) is 2.01. The van der Waals surface area contributed by atoms with Gasteiger partial charge in [-0.3, -0.25) is 4.79 Å². The zero-order valence-electron chi connectivity index (χ0n) is 10.6. The van der Waals surface area contributed by atoms with Crippen molar-refractivity contribution < 1.29 is 13.9 Å². The van der Waals surface area contributed by atoms with Gasteiger partial charge in [0.25, 0.3) is 0 Å². The minimum Gasteiger partial charge on any atom is -0.497 e. The fraction of sp³-hybridized carbons (Fsp3) is 0.188. The van der Waals surface area contributed by atoms with Gasteiger partial charge in [0.15, 0.2) is 5.78 Å². The molecule has 2 nitrogen and oxygen atoms in total. The number of Topliss-reactive ketones (excluding diaryl/α,β-unsaturated/α-hetero) is 1. The minimum absolute atomic E-state index is 0.178. The number of ketones is 1. The molecular formula is C16H13FO2. The molecule has 0 fully saturated rings. The van der Waals surface area contributed by atoms with Gasteiger partial charge in [0, 0.05) is 23.6 Å². The molecule has 0 aromatic heterocycles. The van der Waals surface area contributed by atoms with Gasteiger partial charge in [-0.25, -0.2) is 4.39 Å². The molecule has 3 rings (SSSR count). The Morgan fingerprint density at radius 1 is 1.05 bits per heavy atom. The summed E-state index contributed by atoms with van der Waals surface area (Å²) >= 11 is 0. The molecule has 0 aliphatic heterocycles. The maximum atomic E-state index is 14.0. The average Bonchev–Trinajstić information content (AvgIpc) is 2.79. The number of halogens is 1. The molecule has 0 saturated heterocycles. The second kappa shape index (κ2) is 4.50. The Morgan fingerprint density at radius 2 is 1.84 bits per heavy atom. The van der Waals surface area contributed by atoms with Gasteiger partial charge < -0.3 is 4.74 Å². The maximum absolute atomic E-state index is 14.0. The zero-order valence-corrected chi connectivity index (χ0v) is 10.6. The number of benzene rings is 2. The standard InChI is InChI=1S/C16H13FO2/c1-19-12-4-6-13(15(17)9-12)10-2-5-14-11(8-10)3-7-16(14)18/h2,4-6,8-9H,3,7H2,1H3. The zero-order chi connectivity index (χ0) is 13.4. The van der Waals surface area contributed by atoms with Crippen LogP contribution in [0.15, 0.2) is 36.4 Å². The number of carbonyl (C=O) groups excluding carboxylic acids is 1. The smallest absolute Gasteiger partial charge is 0.163 e. The topological polar surface area (TPSA) is 26.3 Å². The fourth-order valence-corrected chi connectivity index (χ4v) is 2.48. The number of rotatable bonds is 2. The van der Waals surface area contributed by atoms with Crippen LogP contribution >= 0.6 is 0 Å². The average molecular weight is 256 g/mol. The summed E-state index contributed by atoms with van der Waals surface area (Å²) in [5, 5.41) is 0. The predicted molar refractivity (Wildman–Crippen MR) is 71.0 cm³/mol. The van der Waals surface area contributed by atoms with E-state index >= 15 is 0 Å². The lowest BCUT2D eigenvalue weighted by Crippen LogP contribution is -1.92. The van der Waals surface area contributed by atoms with Gasteiger partial charge in [-0.15, -0.1) is 0 Å². The first-order valence-electron chi connectivity index (χ1n) is 6.19. The van der Waals surface area contributed by atoms with Crippen LogP contribution in [0.25, 0.3) is 11.1 Å². The molecule has 0 radical (unpaired) electrons. The van der Waals surface area contributed by atoms with E-state index in [-0.39, 0.29) is 11.6 Å². The second-order valence-corrected chi connectivity index (χ2v) is 4.64. The molecular weight excluding hydrogens is 243 g/mol. The highest BCUT2D eigenvalue weighted by Gasteiger charge is 2.20. The largest absolute Gasteiger partial charge is 0.497 e. The van der Waals surface area contributed by atoms with E-state index in [1.165, 1.54) is 13.2 Å². The number of hydrogen-bond donors (Lipinski definition) is 0. The Bertz CT molecular complexity index is 662. The van der Waals surface area contributed by atoms with Crippen LogP contribution in [-0.4, -0.2) is 12.9 Å². The Labute approximate surface area is 110 Å². The number of hydrogen-bond acceptors (Lipinski definition) is 2. The van der Waals surface area contributed by atoms with E-state index in [1.54, 1.807) is 24.3 Å². The van der Waals surface area contributed by atoms with Crippen molar-refractivity contribution in [1.29, 1.82) is 0 Å². The lowest BCUT2D eigenvalue weighted by Gasteiger charge is -2.07. The van der Waals surface area contributed by atoms with Crippen LogP contribution in [0.4, 0.5) is 4.39 Å². The quantitative estimate of drug-likeness (QED) is 0.820. The number of carbonyl (C=O) groups is 1. The molecule has 0 spiro atoms. The lowest BCUT2D eigenvalue weighted by molar-refractivity contribution is 0.0994. The predicted octanol–water partition coefficient (Wildman–Crippen LogP) is 3.63. The summed E-state index contributed by atoms with van der Waals surface area (Å²) in [5.74, 6) is 0.359. The number of fused-ring (bicyclic) bond motifs is 1. The van der Waals surface area contributed by atoms with Crippen LogP contribution in [-0.2, 0) is 6.42 Å². The van der Waals surface area contributed by atoms with Crippen molar-refractivity contribution in [2.45, 2.75) is 12.8 Å². The van der Waals surface area contributed by atoms with Gasteiger partial charge in [0.1, 0.15) is 11.6 Å².